The second-order valence-electron chi connectivity index (χ2n) is 8.97. The number of anilines is 1. The van der Waals surface area contributed by atoms with Gasteiger partial charge in [0, 0.05) is 38.7 Å². The standard InChI is InChI=1S/C25H34N10O6S/c1-41-13-21(38)30-10-8-20(37)33-17(6-7-19(27)36)24(40)35-16(3-2-9-31-25(28)29)23(39)32-14-4-5-15-18(11-14)42-22(12-26)34-15/h4-5,11,16-17H,2-3,6-10,13H2,1H3,(H2,27,36)(H,30,38)(H,32,39)(H,33,37)(H,35,40)(H4,28,29,31)/t16-,17-/m0/s1. The number of methoxy groups -OCH3 is 1. The summed E-state index contributed by atoms with van der Waals surface area (Å²) < 4.78 is 5.39. The van der Waals surface area contributed by atoms with Crippen LogP contribution in [-0.2, 0) is 28.7 Å². The third kappa shape index (κ3) is 11.7. The van der Waals surface area contributed by atoms with Crippen molar-refractivity contribution in [2.75, 3.05) is 32.1 Å². The molecule has 0 spiro atoms. The van der Waals surface area contributed by atoms with Crippen LogP contribution in [0, 0.1) is 11.3 Å². The summed E-state index contributed by atoms with van der Waals surface area (Å²) in [5.74, 6) is -3.06. The first-order chi connectivity index (χ1) is 20.0. The molecule has 0 radical (unpaired) electrons. The molecule has 2 aromatic rings. The Hall–Kier alpha value is -4.82. The first-order valence-corrected chi connectivity index (χ1v) is 13.6. The Labute approximate surface area is 245 Å². The van der Waals surface area contributed by atoms with Crippen molar-refractivity contribution in [2.24, 2.45) is 22.2 Å². The maximum atomic E-state index is 13.3. The van der Waals surface area contributed by atoms with Crippen molar-refractivity contribution in [1.29, 1.82) is 5.26 Å². The van der Waals surface area contributed by atoms with Gasteiger partial charge in [-0.2, -0.15) is 5.26 Å². The molecule has 17 heteroatoms. The van der Waals surface area contributed by atoms with Crippen LogP contribution in [0.4, 0.5) is 5.69 Å². The number of hydrogen-bond donors (Lipinski definition) is 7. The van der Waals surface area contributed by atoms with Gasteiger partial charge in [-0.1, -0.05) is 0 Å². The van der Waals surface area contributed by atoms with E-state index in [9.17, 15) is 24.0 Å². The van der Waals surface area contributed by atoms with Gasteiger partial charge < -0.3 is 43.2 Å². The number of hydrogen-bond acceptors (Lipinski definition) is 10. The van der Waals surface area contributed by atoms with Crippen LogP contribution in [0.3, 0.4) is 0 Å². The van der Waals surface area contributed by atoms with E-state index in [0.29, 0.717) is 22.3 Å². The van der Waals surface area contributed by atoms with Gasteiger partial charge in [0.1, 0.15) is 24.8 Å². The molecule has 0 aliphatic carbocycles. The number of amides is 5. The first-order valence-electron chi connectivity index (χ1n) is 12.8. The Morgan fingerprint density at radius 1 is 1.05 bits per heavy atom. The second-order valence-corrected chi connectivity index (χ2v) is 10.0. The molecule has 0 bridgehead atoms. The van der Waals surface area contributed by atoms with Crippen molar-refractivity contribution >= 4 is 62.7 Å². The third-order valence-electron chi connectivity index (χ3n) is 5.61. The summed E-state index contributed by atoms with van der Waals surface area (Å²) in [6.07, 6.45) is -0.00286. The maximum Gasteiger partial charge on any atom is 0.246 e. The van der Waals surface area contributed by atoms with Gasteiger partial charge in [0.05, 0.1) is 10.2 Å². The molecular weight excluding hydrogens is 568 g/mol. The van der Waals surface area contributed by atoms with Gasteiger partial charge in [-0.05, 0) is 37.5 Å². The molecule has 0 unspecified atom stereocenters. The number of carbonyl (C=O) groups is 5. The van der Waals surface area contributed by atoms with Crippen molar-refractivity contribution < 1.29 is 28.7 Å². The van der Waals surface area contributed by atoms with Gasteiger partial charge in [0.15, 0.2) is 11.0 Å². The van der Waals surface area contributed by atoms with Gasteiger partial charge in [0.2, 0.25) is 29.5 Å². The van der Waals surface area contributed by atoms with Crippen LogP contribution in [0.1, 0.15) is 37.1 Å². The summed E-state index contributed by atoms with van der Waals surface area (Å²) in [5.41, 5.74) is 17.0. The summed E-state index contributed by atoms with van der Waals surface area (Å²) in [6.45, 7) is 0.0211. The molecule has 16 nitrogen and oxygen atoms in total. The number of nitrogens with two attached hydrogens (primary N) is 3. The van der Waals surface area contributed by atoms with Crippen LogP contribution in [0.2, 0.25) is 0 Å². The van der Waals surface area contributed by atoms with Crippen molar-refractivity contribution in [3.8, 4) is 6.07 Å². The van der Waals surface area contributed by atoms with Crippen LogP contribution < -0.4 is 38.5 Å². The number of aromatic nitrogens is 1. The zero-order valence-electron chi connectivity index (χ0n) is 23.0. The Balaban J connectivity index is 2.14. The van der Waals surface area contributed by atoms with Crippen molar-refractivity contribution in [3.63, 3.8) is 0 Å². The van der Waals surface area contributed by atoms with Crippen molar-refractivity contribution in [1.82, 2.24) is 20.9 Å². The van der Waals surface area contributed by atoms with E-state index < -0.39 is 41.6 Å². The topological polar surface area (TPSA) is 270 Å². The minimum Gasteiger partial charge on any atom is -0.375 e. The Bertz CT molecular complexity index is 1350. The number of thiazole rings is 1. The van der Waals surface area contributed by atoms with Crippen LogP contribution in [0.15, 0.2) is 23.2 Å². The molecule has 0 saturated heterocycles. The van der Waals surface area contributed by atoms with Crippen molar-refractivity contribution in [2.45, 2.75) is 44.2 Å². The average molecular weight is 603 g/mol. The lowest BCUT2D eigenvalue weighted by Gasteiger charge is -2.23. The predicted octanol–water partition coefficient (Wildman–Crippen LogP) is -1.45. The number of nitrogens with one attached hydrogen (secondary N) is 4. The third-order valence-corrected chi connectivity index (χ3v) is 6.53. The molecule has 1 aromatic carbocycles. The monoisotopic (exact) mass is 602 g/mol. The fraction of sp³-hybridized carbons (Fsp3) is 0.440. The highest BCUT2D eigenvalue weighted by Crippen LogP contribution is 2.25. The fourth-order valence-electron chi connectivity index (χ4n) is 3.64. The molecule has 2 atom stereocenters. The van der Waals surface area contributed by atoms with E-state index >= 15 is 0 Å². The zero-order chi connectivity index (χ0) is 31.1. The maximum absolute atomic E-state index is 13.3. The van der Waals surface area contributed by atoms with Gasteiger partial charge in [0.25, 0.3) is 0 Å². The van der Waals surface area contributed by atoms with E-state index in [0.717, 1.165) is 11.3 Å². The molecule has 0 fully saturated rings. The molecule has 42 heavy (non-hydrogen) atoms. The normalized spacial score (nSPS) is 11.9. The lowest BCUT2D eigenvalue weighted by molar-refractivity contribution is -0.131. The lowest BCUT2D eigenvalue weighted by Crippen LogP contribution is -2.53. The number of carbonyl (C=O) groups excluding carboxylic acids is 5. The summed E-state index contributed by atoms with van der Waals surface area (Å²) in [4.78, 5) is 69.9. The van der Waals surface area contributed by atoms with Gasteiger partial charge in [-0.3, -0.25) is 29.0 Å². The Kier molecular flexibility index (Phi) is 13.6. The summed E-state index contributed by atoms with van der Waals surface area (Å²) in [6, 6.07) is 4.64. The first kappa shape index (κ1) is 33.4. The minimum absolute atomic E-state index is 0.00598. The van der Waals surface area contributed by atoms with E-state index in [1.165, 1.54) is 7.11 Å². The molecule has 5 amide bonds. The van der Waals surface area contributed by atoms with E-state index in [1.807, 2.05) is 6.07 Å². The number of primary amides is 1. The van der Waals surface area contributed by atoms with Crippen LogP contribution in [0.25, 0.3) is 10.2 Å². The molecular formula is C25H34N10O6S. The number of guanidine groups is 1. The molecule has 0 saturated carbocycles. The largest absolute Gasteiger partial charge is 0.375 e. The quantitative estimate of drug-likeness (QED) is 0.0628. The molecule has 226 valence electrons. The number of aliphatic imine (C=N–C) groups is 1. The van der Waals surface area contributed by atoms with Crippen LogP contribution in [-0.4, -0.2) is 79.4 Å². The van der Waals surface area contributed by atoms with E-state index in [2.05, 4.69) is 31.2 Å². The summed E-state index contributed by atoms with van der Waals surface area (Å²) in [5, 5.41) is 19.7. The highest BCUT2D eigenvalue weighted by molar-refractivity contribution is 7.19. The Morgan fingerprint density at radius 2 is 1.79 bits per heavy atom. The van der Waals surface area contributed by atoms with Gasteiger partial charge >= 0.3 is 0 Å². The molecule has 1 heterocycles. The average Bonchev–Trinajstić information content (AvgIpc) is 3.35. The summed E-state index contributed by atoms with van der Waals surface area (Å²) in [7, 11) is 1.35. The lowest BCUT2D eigenvalue weighted by atomic mass is 10.1. The number of rotatable bonds is 17. The van der Waals surface area contributed by atoms with Gasteiger partial charge in [-0.15, -0.1) is 11.3 Å². The fourth-order valence-corrected chi connectivity index (χ4v) is 4.45. The molecule has 2 rings (SSSR count). The molecule has 1 aromatic heterocycles. The second kappa shape index (κ2) is 17.1. The number of ether oxygens (including phenoxy) is 1. The zero-order valence-corrected chi connectivity index (χ0v) is 23.8. The molecule has 0 aliphatic heterocycles. The molecule has 0 aliphatic rings. The smallest absolute Gasteiger partial charge is 0.246 e. The highest BCUT2D eigenvalue weighted by Gasteiger charge is 2.27. The number of nitriles is 1. The Morgan fingerprint density at radius 3 is 2.45 bits per heavy atom. The van der Waals surface area contributed by atoms with Crippen molar-refractivity contribution in [3.05, 3.63) is 23.2 Å². The number of fused-ring (bicyclic) bond motifs is 1. The molecule has 10 N–H and O–H groups in total. The van der Waals surface area contributed by atoms with Crippen LogP contribution >= 0.6 is 11.3 Å². The van der Waals surface area contributed by atoms with Crippen LogP contribution in [0.5, 0.6) is 0 Å². The summed E-state index contributed by atoms with van der Waals surface area (Å²) >= 11 is 1.16. The van der Waals surface area contributed by atoms with E-state index in [4.69, 9.17) is 27.2 Å². The van der Waals surface area contributed by atoms with Gasteiger partial charge in [-0.25, -0.2) is 4.98 Å². The SMILES string of the molecule is COCC(=O)NCCC(=O)N[C@@H](CCC(N)=O)C(=O)N[C@@H](CCCN=C(N)N)C(=O)Nc1ccc2nc(C#N)sc2c1. The highest BCUT2D eigenvalue weighted by atomic mass is 32.1. The number of nitrogens with zero attached hydrogens (tertiary/aromatic N) is 3. The predicted molar refractivity (Wildman–Crippen MR) is 155 cm³/mol. The number of benzene rings is 1. The van der Waals surface area contributed by atoms with E-state index in [1.54, 1.807) is 18.2 Å². The minimum atomic E-state index is -1.19. The van der Waals surface area contributed by atoms with E-state index in [-0.39, 0.29) is 56.3 Å².